The first-order chi connectivity index (χ1) is 30.9. The van der Waals surface area contributed by atoms with Crippen molar-refractivity contribution in [3.8, 4) is 0 Å². The van der Waals surface area contributed by atoms with Gasteiger partial charge in [0.15, 0.2) is 6.10 Å². The molecule has 0 radical (unpaired) electrons. The molecule has 0 aromatic carbocycles. The highest BCUT2D eigenvalue weighted by Crippen LogP contribution is 2.47. The van der Waals surface area contributed by atoms with Gasteiger partial charge in [0.05, 0.1) is 6.61 Å². The Morgan fingerprint density at radius 2 is 0.797 bits per heavy atom. The van der Waals surface area contributed by atoms with Crippen LogP contribution in [-0.4, -0.2) is 98.3 Å². The predicted octanol–water partition coefficient (Wildman–Crippen LogP) is 10.8. The molecule has 0 saturated heterocycles. The molecule has 0 bridgehead atoms. The van der Waals surface area contributed by atoms with Crippen LogP contribution >= 0.6 is 7.82 Å². The maximum absolute atomic E-state index is 12.8. The zero-order valence-electron chi connectivity index (χ0n) is 40.1. The van der Waals surface area contributed by atoms with Crippen molar-refractivity contribution in [2.75, 3.05) is 13.2 Å². The van der Waals surface area contributed by atoms with Crippen molar-refractivity contribution in [1.29, 1.82) is 0 Å². The number of esters is 2. The van der Waals surface area contributed by atoms with E-state index in [-0.39, 0.29) is 12.8 Å². The molecule has 8 atom stereocenters. The number of hydrogen-bond donors (Lipinski definition) is 6. The molecular formula is C50H93O13P. The quantitative estimate of drug-likeness (QED) is 0.0146. The first kappa shape index (κ1) is 60.3. The number of aliphatic hydroxyl groups excluding tert-OH is 5. The largest absolute Gasteiger partial charge is 0.472 e. The molecule has 14 heteroatoms. The Morgan fingerprint density at radius 3 is 1.19 bits per heavy atom. The molecule has 0 amide bonds. The van der Waals surface area contributed by atoms with Crippen molar-refractivity contribution >= 4 is 19.8 Å². The molecule has 64 heavy (non-hydrogen) atoms. The summed E-state index contributed by atoms with van der Waals surface area (Å²) in [6.45, 7) is 3.30. The van der Waals surface area contributed by atoms with Crippen LogP contribution in [0.5, 0.6) is 0 Å². The lowest BCUT2D eigenvalue weighted by Gasteiger charge is -2.41. The van der Waals surface area contributed by atoms with E-state index in [9.17, 15) is 44.6 Å². The van der Waals surface area contributed by atoms with E-state index in [0.717, 1.165) is 57.8 Å². The van der Waals surface area contributed by atoms with E-state index in [1.54, 1.807) is 0 Å². The summed E-state index contributed by atoms with van der Waals surface area (Å²) in [5, 5.41) is 50.2. The number of allylic oxidation sites excluding steroid dienone is 4. The van der Waals surface area contributed by atoms with Crippen molar-refractivity contribution < 1.29 is 63.1 Å². The minimum absolute atomic E-state index is 0.0888. The van der Waals surface area contributed by atoms with E-state index in [4.69, 9.17) is 18.5 Å². The van der Waals surface area contributed by atoms with E-state index in [0.29, 0.717) is 12.8 Å². The van der Waals surface area contributed by atoms with Gasteiger partial charge < -0.3 is 39.9 Å². The zero-order chi connectivity index (χ0) is 47.1. The maximum atomic E-state index is 12.8. The summed E-state index contributed by atoms with van der Waals surface area (Å²) in [6.07, 6.45) is 32.3. The molecule has 6 unspecified atom stereocenters. The number of aliphatic hydroxyl groups is 5. The van der Waals surface area contributed by atoms with Crippen LogP contribution in [0.1, 0.15) is 226 Å². The molecule has 0 aromatic rings. The molecule has 1 aliphatic rings. The summed E-state index contributed by atoms with van der Waals surface area (Å²) >= 11 is 0. The summed E-state index contributed by atoms with van der Waals surface area (Å²) in [5.41, 5.74) is 0. The number of carbonyl (C=O) groups is 2. The van der Waals surface area contributed by atoms with Crippen LogP contribution in [0.4, 0.5) is 0 Å². The normalized spacial score (nSPS) is 21.7. The Hall–Kier alpha value is -1.67. The lowest BCUT2D eigenvalue weighted by molar-refractivity contribution is -0.220. The van der Waals surface area contributed by atoms with E-state index >= 15 is 0 Å². The fourth-order valence-corrected chi connectivity index (χ4v) is 8.84. The third kappa shape index (κ3) is 32.1. The summed E-state index contributed by atoms with van der Waals surface area (Å²) < 4.78 is 33.6. The second-order valence-electron chi connectivity index (χ2n) is 18.0. The van der Waals surface area contributed by atoms with E-state index in [1.165, 1.54) is 128 Å². The van der Waals surface area contributed by atoms with Crippen LogP contribution in [0, 0.1) is 0 Å². The lowest BCUT2D eigenvalue weighted by atomic mass is 9.85. The van der Waals surface area contributed by atoms with Crippen LogP contribution < -0.4 is 0 Å². The molecule has 0 heterocycles. The van der Waals surface area contributed by atoms with Crippen molar-refractivity contribution in [3.05, 3.63) is 24.3 Å². The molecular weight excluding hydrogens is 840 g/mol. The van der Waals surface area contributed by atoms with Crippen molar-refractivity contribution in [2.45, 2.75) is 268 Å². The Bertz CT molecular complexity index is 1220. The topological polar surface area (TPSA) is 210 Å². The minimum atomic E-state index is -5.12. The van der Waals surface area contributed by atoms with Gasteiger partial charge in [-0.2, -0.15) is 0 Å². The first-order valence-corrected chi connectivity index (χ1v) is 27.1. The van der Waals surface area contributed by atoms with Crippen molar-refractivity contribution in [1.82, 2.24) is 0 Å². The molecule has 376 valence electrons. The molecule has 1 rings (SSSR count). The fraction of sp³-hybridized carbons (Fsp3) is 0.880. The molecule has 1 aliphatic carbocycles. The van der Waals surface area contributed by atoms with Gasteiger partial charge in [0, 0.05) is 12.8 Å². The fourth-order valence-electron chi connectivity index (χ4n) is 7.87. The molecule has 0 aliphatic heterocycles. The lowest BCUT2D eigenvalue weighted by Crippen LogP contribution is -2.64. The van der Waals surface area contributed by atoms with E-state index in [2.05, 4.69) is 38.2 Å². The number of phosphoric acid groups is 1. The standard InChI is InChI=1S/C50H93O13P/c1-3-5-7-9-11-13-15-17-19-20-21-22-23-24-25-27-28-30-32-34-36-38-43(51)60-40-42(41-61-64(58,59)63-50-48(56)46(54)45(53)47(55)49(50)57)62-44(52)39-37-35-33-31-29-26-18-16-14-12-10-8-6-4-2/h16-19,42,45-50,53-57H,3-15,20-41H2,1-2H3,(H,58,59)/b18-16+,19-17+/t42-,45?,46-,47?,48?,49?,50?/m0/s1. The third-order valence-corrected chi connectivity index (χ3v) is 13.0. The first-order valence-electron chi connectivity index (χ1n) is 25.6. The second-order valence-corrected chi connectivity index (χ2v) is 19.4. The number of carbonyl (C=O) groups excluding carboxylic acids is 2. The average Bonchev–Trinajstić information content (AvgIpc) is 3.28. The van der Waals surface area contributed by atoms with Crippen LogP contribution in [0.25, 0.3) is 0 Å². The van der Waals surface area contributed by atoms with Crippen molar-refractivity contribution in [2.24, 2.45) is 0 Å². The Kier molecular flexibility index (Phi) is 38.1. The highest BCUT2D eigenvalue weighted by atomic mass is 31.2. The summed E-state index contributed by atoms with van der Waals surface area (Å²) in [7, 11) is -5.12. The maximum Gasteiger partial charge on any atom is 0.472 e. The molecule has 13 nitrogen and oxygen atoms in total. The van der Waals surface area contributed by atoms with Crippen LogP contribution in [0.3, 0.4) is 0 Å². The predicted molar refractivity (Wildman–Crippen MR) is 254 cm³/mol. The van der Waals surface area contributed by atoms with Gasteiger partial charge >= 0.3 is 19.8 Å². The monoisotopic (exact) mass is 933 g/mol. The Labute approximate surface area is 387 Å². The third-order valence-electron chi connectivity index (χ3n) is 12.0. The van der Waals surface area contributed by atoms with E-state index in [1.807, 2.05) is 0 Å². The number of hydrogen-bond acceptors (Lipinski definition) is 12. The zero-order valence-corrected chi connectivity index (χ0v) is 41.0. The van der Waals surface area contributed by atoms with Gasteiger partial charge in [-0.1, -0.05) is 173 Å². The second kappa shape index (κ2) is 40.4. The van der Waals surface area contributed by atoms with E-state index < -0.39 is 75.7 Å². The number of phosphoric ester groups is 1. The average molecular weight is 933 g/mol. The highest BCUT2D eigenvalue weighted by Gasteiger charge is 2.51. The van der Waals surface area contributed by atoms with Gasteiger partial charge in [0.1, 0.15) is 43.2 Å². The summed E-state index contributed by atoms with van der Waals surface area (Å²) in [6, 6.07) is 0. The number of ether oxygens (including phenoxy) is 2. The molecule has 0 spiro atoms. The highest BCUT2D eigenvalue weighted by molar-refractivity contribution is 7.47. The van der Waals surface area contributed by atoms with Crippen LogP contribution in [-0.2, 0) is 32.7 Å². The molecule has 1 fully saturated rings. The smallest absolute Gasteiger partial charge is 0.462 e. The molecule has 1 saturated carbocycles. The Balaban J connectivity index is 2.37. The Morgan fingerprint density at radius 1 is 0.469 bits per heavy atom. The molecule has 6 N–H and O–H groups in total. The summed E-state index contributed by atoms with van der Waals surface area (Å²) in [4.78, 5) is 35.8. The van der Waals surface area contributed by atoms with Gasteiger partial charge in [-0.25, -0.2) is 4.57 Å². The number of unbranched alkanes of at least 4 members (excludes halogenated alkanes) is 27. The number of rotatable bonds is 43. The van der Waals surface area contributed by atoms with Crippen molar-refractivity contribution in [3.63, 3.8) is 0 Å². The van der Waals surface area contributed by atoms with Gasteiger partial charge in [-0.05, 0) is 64.2 Å². The molecule has 0 aromatic heterocycles. The van der Waals surface area contributed by atoms with Crippen LogP contribution in [0.15, 0.2) is 24.3 Å². The van der Waals surface area contributed by atoms with Crippen LogP contribution in [0.2, 0.25) is 0 Å². The SMILES string of the molecule is CCCCCCC/C=C/CCCCCCCC(=O)O[C@@H](COC(=O)CCCCCCCCCCCCC/C=C/CCCCCCCC)COP(=O)(O)OC1C(O)C(O)C(O)[C@H](O)C1O. The van der Waals surface area contributed by atoms with Gasteiger partial charge in [-0.3, -0.25) is 18.6 Å². The van der Waals surface area contributed by atoms with Gasteiger partial charge in [-0.15, -0.1) is 0 Å². The minimum Gasteiger partial charge on any atom is -0.462 e. The van der Waals surface area contributed by atoms with Gasteiger partial charge in [0.25, 0.3) is 0 Å². The summed E-state index contributed by atoms with van der Waals surface area (Å²) in [5.74, 6) is -1.10. The van der Waals surface area contributed by atoms with Gasteiger partial charge in [0.2, 0.25) is 0 Å².